The van der Waals surface area contributed by atoms with Gasteiger partial charge in [-0.25, -0.2) is 0 Å². The highest BCUT2D eigenvalue weighted by molar-refractivity contribution is 7.85. The number of rotatable bonds is 4. The van der Waals surface area contributed by atoms with Crippen molar-refractivity contribution in [2.24, 2.45) is 0 Å². The molecule has 4 heteroatoms. The summed E-state index contributed by atoms with van der Waals surface area (Å²) < 4.78 is 11.2. The summed E-state index contributed by atoms with van der Waals surface area (Å²) in [4.78, 5) is 0. The topological polar surface area (TPSA) is 41.1 Å². The van der Waals surface area contributed by atoms with Gasteiger partial charge in [0, 0.05) is 40.4 Å². The molecule has 2 aliphatic rings. The van der Waals surface area contributed by atoms with E-state index in [-0.39, 0.29) is 0 Å². The van der Waals surface area contributed by atoms with Crippen molar-refractivity contribution in [2.75, 3.05) is 18.1 Å². The molecule has 2 aliphatic heterocycles. The number of hydrogen-bond donors (Lipinski definition) is 2. The zero-order valence-electron chi connectivity index (χ0n) is 10.2. The van der Waals surface area contributed by atoms with Crippen molar-refractivity contribution in [3.8, 4) is 0 Å². The van der Waals surface area contributed by atoms with E-state index >= 15 is 0 Å². The summed E-state index contributed by atoms with van der Waals surface area (Å²) >= 11 is 0. The molecule has 2 N–H and O–H groups in total. The van der Waals surface area contributed by atoms with Gasteiger partial charge in [0.1, 0.15) is 0 Å². The van der Waals surface area contributed by atoms with Crippen LogP contribution in [0.4, 0.5) is 0 Å². The third-order valence-electron chi connectivity index (χ3n) is 3.71. The predicted octanol–water partition coefficient (Wildman–Crippen LogP) is 1.02. The summed E-state index contributed by atoms with van der Waals surface area (Å²) in [5.74, 6) is 1.79. The molecule has 2 atom stereocenters. The molecule has 2 fully saturated rings. The normalized spacial score (nSPS) is 37.4. The van der Waals surface area contributed by atoms with Crippen LogP contribution < -0.4 is 10.6 Å². The highest BCUT2D eigenvalue weighted by Gasteiger charge is 2.21. The van der Waals surface area contributed by atoms with Crippen LogP contribution in [0.2, 0.25) is 0 Å². The minimum Gasteiger partial charge on any atom is -0.314 e. The number of hydrogen-bond acceptors (Lipinski definition) is 3. The second-order valence-corrected chi connectivity index (χ2v) is 6.92. The van der Waals surface area contributed by atoms with Crippen molar-refractivity contribution < 1.29 is 4.21 Å². The van der Waals surface area contributed by atoms with Crippen molar-refractivity contribution in [3.63, 3.8) is 0 Å². The molecule has 94 valence electrons. The summed E-state index contributed by atoms with van der Waals surface area (Å²) in [6.07, 6.45) is 6.09. The zero-order chi connectivity index (χ0) is 11.4. The third-order valence-corrected chi connectivity index (χ3v) is 5.09. The molecule has 2 saturated heterocycles. The van der Waals surface area contributed by atoms with Gasteiger partial charge in [-0.3, -0.25) is 4.21 Å². The van der Waals surface area contributed by atoms with Crippen molar-refractivity contribution in [1.29, 1.82) is 0 Å². The Morgan fingerprint density at radius 2 is 2.12 bits per heavy atom. The average molecular weight is 244 g/mol. The first-order valence-corrected chi connectivity index (χ1v) is 8.07. The standard InChI is InChI=1S/C12H24N2OS/c1-10(9-12-3-2-6-13-12)14-11-4-7-16(15)8-5-11/h10-14H,2-9H2,1H3. The van der Waals surface area contributed by atoms with Crippen LogP contribution in [0.3, 0.4) is 0 Å². The fourth-order valence-corrected chi connectivity index (χ4v) is 4.11. The van der Waals surface area contributed by atoms with Gasteiger partial charge in [-0.05, 0) is 45.6 Å². The molecule has 0 radical (unpaired) electrons. The van der Waals surface area contributed by atoms with E-state index in [1.54, 1.807) is 0 Å². The monoisotopic (exact) mass is 244 g/mol. The minimum absolute atomic E-state index is 0.532. The van der Waals surface area contributed by atoms with E-state index in [9.17, 15) is 4.21 Å². The smallest absolute Gasteiger partial charge is 0.0249 e. The molecule has 0 spiro atoms. The van der Waals surface area contributed by atoms with Crippen LogP contribution >= 0.6 is 0 Å². The maximum Gasteiger partial charge on any atom is 0.0249 e. The maximum absolute atomic E-state index is 11.2. The van der Waals surface area contributed by atoms with Gasteiger partial charge >= 0.3 is 0 Å². The maximum atomic E-state index is 11.2. The second kappa shape index (κ2) is 6.12. The summed E-state index contributed by atoms with van der Waals surface area (Å²) in [6.45, 7) is 3.48. The average Bonchev–Trinajstić information content (AvgIpc) is 2.74. The molecule has 0 bridgehead atoms. The molecular formula is C12H24N2OS. The Kier molecular flexibility index (Phi) is 4.79. The molecule has 0 aromatic heterocycles. The Bertz CT molecular complexity index is 231. The quantitative estimate of drug-likeness (QED) is 0.776. The van der Waals surface area contributed by atoms with Crippen LogP contribution in [0.25, 0.3) is 0 Å². The molecule has 0 aliphatic carbocycles. The molecule has 0 aromatic carbocycles. The predicted molar refractivity (Wildman–Crippen MR) is 69.1 cm³/mol. The van der Waals surface area contributed by atoms with Crippen LogP contribution in [-0.2, 0) is 10.8 Å². The molecular weight excluding hydrogens is 220 g/mol. The van der Waals surface area contributed by atoms with Crippen molar-refractivity contribution in [1.82, 2.24) is 10.6 Å². The molecule has 16 heavy (non-hydrogen) atoms. The first kappa shape index (κ1) is 12.5. The lowest BCUT2D eigenvalue weighted by atomic mass is 10.0. The summed E-state index contributed by atoms with van der Waals surface area (Å²) in [5.41, 5.74) is 0. The Morgan fingerprint density at radius 1 is 1.38 bits per heavy atom. The van der Waals surface area contributed by atoms with Crippen LogP contribution in [0, 0.1) is 0 Å². The lowest BCUT2D eigenvalue weighted by molar-refractivity contribution is 0.375. The Balaban J connectivity index is 1.66. The fraction of sp³-hybridized carbons (Fsp3) is 1.00. The summed E-state index contributed by atoms with van der Waals surface area (Å²) in [6, 6.07) is 1.92. The third kappa shape index (κ3) is 3.82. The zero-order valence-corrected chi connectivity index (χ0v) is 11.0. The Hall–Kier alpha value is 0.0700. The van der Waals surface area contributed by atoms with E-state index in [4.69, 9.17) is 0 Å². The van der Waals surface area contributed by atoms with Gasteiger partial charge in [0.25, 0.3) is 0 Å². The van der Waals surface area contributed by atoms with E-state index in [0.717, 1.165) is 30.4 Å². The SMILES string of the molecule is CC(CC1CCCN1)NC1CCS(=O)CC1. The molecule has 0 aromatic rings. The van der Waals surface area contributed by atoms with Crippen LogP contribution in [-0.4, -0.2) is 40.4 Å². The highest BCUT2D eigenvalue weighted by Crippen LogP contribution is 2.14. The molecule has 2 unspecified atom stereocenters. The second-order valence-electron chi connectivity index (χ2n) is 5.22. The van der Waals surface area contributed by atoms with Gasteiger partial charge in [0.15, 0.2) is 0 Å². The first-order valence-electron chi connectivity index (χ1n) is 6.58. The van der Waals surface area contributed by atoms with Gasteiger partial charge < -0.3 is 10.6 Å². The van der Waals surface area contributed by atoms with E-state index in [1.807, 2.05) is 0 Å². The lowest BCUT2D eigenvalue weighted by Crippen LogP contribution is -2.43. The van der Waals surface area contributed by atoms with E-state index in [0.29, 0.717) is 12.1 Å². The van der Waals surface area contributed by atoms with Gasteiger partial charge in [0.2, 0.25) is 0 Å². The Morgan fingerprint density at radius 3 is 2.75 bits per heavy atom. The molecule has 2 rings (SSSR count). The van der Waals surface area contributed by atoms with Gasteiger partial charge in [-0.1, -0.05) is 0 Å². The lowest BCUT2D eigenvalue weighted by Gasteiger charge is -2.27. The molecule has 0 amide bonds. The van der Waals surface area contributed by atoms with Crippen LogP contribution in [0.5, 0.6) is 0 Å². The van der Waals surface area contributed by atoms with E-state index in [1.165, 1.54) is 25.8 Å². The van der Waals surface area contributed by atoms with E-state index in [2.05, 4.69) is 17.6 Å². The molecule has 3 nitrogen and oxygen atoms in total. The summed E-state index contributed by atoms with van der Waals surface area (Å²) in [5, 5.41) is 7.23. The largest absolute Gasteiger partial charge is 0.314 e. The summed E-state index contributed by atoms with van der Waals surface area (Å²) in [7, 11) is -0.532. The van der Waals surface area contributed by atoms with Gasteiger partial charge in [-0.2, -0.15) is 0 Å². The fourth-order valence-electron chi connectivity index (χ4n) is 2.82. The van der Waals surface area contributed by atoms with Gasteiger partial charge in [-0.15, -0.1) is 0 Å². The van der Waals surface area contributed by atoms with E-state index < -0.39 is 10.8 Å². The Labute approximate surface area is 101 Å². The molecule has 2 heterocycles. The molecule has 0 saturated carbocycles. The van der Waals surface area contributed by atoms with Crippen LogP contribution in [0.15, 0.2) is 0 Å². The van der Waals surface area contributed by atoms with Gasteiger partial charge in [0.05, 0.1) is 0 Å². The van der Waals surface area contributed by atoms with Crippen molar-refractivity contribution in [2.45, 2.75) is 57.2 Å². The minimum atomic E-state index is -0.532. The van der Waals surface area contributed by atoms with Crippen LogP contribution in [0.1, 0.15) is 39.0 Å². The van der Waals surface area contributed by atoms with Crippen molar-refractivity contribution in [3.05, 3.63) is 0 Å². The first-order chi connectivity index (χ1) is 7.74. The van der Waals surface area contributed by atoms with Crippen molar-refractivity contribution >= 4 is 10.8 Å². The number of nitrogens with one attached hydrogen (secondary N) is 2. The highest BCUT2D eigenvalue weighted by atomic mass is 32.2.